The molecule has 1 aliphatic heterocycles. The van der Waals surface area contributed by atoms with Gasteiger partial charge in [-0.3, -0.25) is 9.59 Å². The molecule has 1 saturated heterocycles. The Bertz CT molecular complexity index is 1140. The lowest BCUT2D eigenvalue weighted by Gasteiger charge is -2.22. The topological polar surface area (TPSA) is 93.1 Å². The van der Waals surface area contributed by atoms with E-state index in [1.807, 2.05) is 0 Å². The van der Waals surface area contributed by atoms with Crippen LogP contribution in [0.2, 0.25) is 0 Å². The van der Waals surface area contributed by atoms with E-state index in [1.54, 1.807) is 31.2 Å². The summed E-state index contributed by atoms with van der Waals surface area (Å²) in [4.78, 5) is 26.9. The second-order valence-electron chi connectivity index (χ2n) is 6.80. The summed E-state index contributed by atoms with van der Waals surface area (Å²) in [5, 5.41) is 10.9. The molecule has 1 amide bonds. The Hall–Kier alpha value is -3.81. The SMILES string of the molecule is COc1ccc(C(O)=C2C(=O)C(=O)N(Cc3ccco3)[C@@H]2c2ccc(C)o2)cc1F. The molecule has 0 saturated carbocycles. The van der Waals surface area contributed by atoms with E-state index in [4.69, 9.17) is 13.6 Å². The Labute approximate surface area is 171 Å². The highest BCUT2D eigenvalue weighted by molar-refractivity contribution is 6.46. The number of rotatable bonds is 5. The van der Waals surface area contributed by atoms with Crippen LogP contribution in [-0.4, -0.2) is 28.8 Å². The average molecular weight is 411 g/mol. The van der Waals surface area contributed by atoms with E-state index >= 15 is 0 Å². The van der Waals surface area contributed by atoms with Crippen LogP contribution in [0.15, 0.2) is 63.1 Å². The zero-order valence-electron chi connectivity index (χ0n) is 16.2. The van der Waals surface area contributed by atoms with E-state index in [2.05, 4.69) is 0 Å². The van der Waals surface area contributed by atoms with Crippen molar-refractivity contribution in [2.75, 3.05) is 7.11 Å². The maximum atomic E-state index is 14.2. The number of hydrogen-bond acceptors (Lipinski definition) is 6. The quantitative estimate of drug-likeness (QED) is 0.388. The van der Waals surface area contributed by atoms with Crippen molar-refractivity contribution in [2.24, 2.45) is 0 Å². The molecular formula is C22H18FNO6. The molecule has 8 heteroatoms. The number of ketones is 1. The molecule has 1 fully saturated rings. The molecule has 154 valence electrons. The molecular weight excluding hydrogens is 393 g/mol. The Morgan fingerprint density at radius 1 is 1.23 bits per heavy atom. The normalized spacial score (nSPS) is 18.2. The number of aliphatic hydroxyl groups excluding tert-OH is 1. The van der Waals surface area contributed by atoms with Crippen molar-refractivity contribution < 1.29 is 32.7 Å². The molecule has 0 radical (unpaired) electrons. The van der Waals surface area contributed by atoms with Crippen LogP contribution in [0.1, 0.15) is 28.9 Å². The van der Waals surface area contributed by atoms with Crippen molar-refractivity contribution >= 4 is 17.4 Å². The third kappa shape index (κ3) is 3.26. The van der Waals surface area contributed by atoms with Crippen LogP contribution >= 0.6 is 0 Å². The van der Waals surface area contributed by atoms with Crippen LogP contribution in [0.25, 0.3) is 5.76 Å². The Balaban J connectivity index is 1.85. The fourth-order valence-corrected chi connectivity index (χ4v) is 3.48. The number of carbonyl (C=O) groups is 2. The highest BCUT2D eigenvalue weighted by Gasteiger charge is 2.47. The van der Waals surface area contributed by atoms with Crippen molar-refractivity contribution in [3.05, 3.63) is 83.0 Å². The number of methoxy groups -OCH3 is 1. The van der Waals surface area contributed by atoms with Crippen molar-refractivity contribution in [1.82, 2.24) is 4.90 Å². The second-order valence-corrected chi connectivity index (χ2v) is 6.80. The predicted molar refractivity (Wildman–Crippen MR) is 103 cm³/mol. The molecule has 30 heavy (non-hydrogen) atoms. The first kappa shape index (κ1) is 19.5. The van der Waals surface area contributed by atoms with Gasteiger partial charge in [0, 0.05) is 5.56 Å². The highest BCUT2D eigenvalue weighted by atomic mass is 19.1. The number of nitrogens with zero attached hydrogens (tertiary/aromatic N) is 1. The van der Waals surface area contributed by atoms with Gasteiger partial charge in [-0.1, -0.05) is 0 Å². The van der Waals surface area contributed by atoms with Crippen LogP contribution in [0.4, 0.5) is 4.39 Å². The van der Waals surface area contributed by atoms with E-state index in [0.717, 1.165) is 6.07 Å². The zero-order chi connectivity index (χ0) is 21.4. The molecule has 1 aliphatic rings. The fourth-order valence-electron chi connectivity index (χ4n) is 3.48. The first-order valence-electron chi connectivity index (χ1n) is 9.11. The summed E-state index contributed by atoms with van der Waals surface area (Å²) in [6, 6.07) is 9.43. The molecule has 0 bridgehead atoms. The van der Waals surface area contributed by atoms with Gasteiger partial charge in [0.1, 0.15) is 29.1 Å². The van der Waals surface area contributed by atoms with Crippen LogP contribution in [0, 0.1) is 12.7 Å². The minimum Gasteiger partial charge on any atom is -0.507 e. The lowest BCUT2D eigenvalue weighted by Crippen LogP contribution is -2.28. The van der Waals surface area contributed by atoms with Crippen molar-refractivity contribution in [3.63, 3.8) is 0 Å². The summed E-state index contributed by atoms with van der Waals surface area (Å²) in [5.74, 6) is -1.61. The molecule has 3 heterocycles. The molecule has 1 atom stereocenters. The number of furan rings is 2. The third-order valence-corrected chi connectivity index (χ3v) is 4.90. The van der Waals surface area contributed by atoms with E-state index in [1.165, 1.54) is 30.4 Å². The molecule has 0 unspecified atom stereocenters. The van der Waals surface area contributed by atoms with Crippen molar-refractivity contribution in [3.8, 4) is 5.75 Å². The van der Waals surface area contributed by atoms with Crippen molar-refractivity contribution in [1.29, 1.82) is 0 Å². The number of benzene rings is 1. The first-order valence-corrected chi connectivity index (χ1v) is 9.11. The Morgan fingerprint density at radius 3 is 2.63 bits per heavy atom. The number of likely N-dealkylation sites (tertiary alicyclic amines) is 1. The standard InChI is InChI=1S/C22H18FNO6/c1-12-5-7-17(30-12)19-18(20(25)13-6-8-16(28-2)15(23)10-13)21(26)22(27)24(19)11-14-4-3-9-29-14/h3-10,19,25H,11H2,1-2H3/t19-/m1/s1. The number of ether oxygens (including phenoxy) is 1. The van der Waals surface area contributed by atoms with E-state index < -0.39 is 29.3 Å². The van der Waals surface area contributed by atoms with Gasteiger partial charge >= 0.3 is 0 Å². The number of aryl methyl sites for hydroxylation is 1. The number of halogens is 1. The Kier molecular flexibility index (Phi) is 4.91. The fraction of sp³-hybridized carbons (Fsp3) is 0.182. The first-order chi connectivity index (χ1) is 14.4. The van der Waals surface area contributed by atoms with Crippen LogP contribution in [0.5, 0.6) is 5.75 Å². The Morgan fingerprint density at radius 2 is 2.03 bits per heavy atom. The van der Waals surface area contributed by atoms with Gasteiger partial charge in [0.25, 0.3) is 11.7 Å². The third-order valence-electron chi connectivity index (χ3n) is 4.90. The number of Topliss-reactive ketones (excluding diaryl/α,β-unsaturated/α-hetero) is 1. The summed E-state index contributed by atoms with van der Waals surface area (Å²) in [7, 11) is 1.32. The van der Waals surface area contributed by atoms with Crippen LogP contribution in [0.3, 0.4) is 0 Å². The molecule has 3 aromatic rings. The second kappa shape index (κ2) is 7.55. The van der Waals surface area contributed by atoms with Gasteiger partial charge in [0.15, 0.2) is 11.6 Å². The van der Waals surface area contributed by atoms with Gasteiger partial charge in [-0.15, -0.1) is 0 Å². The summed E-state index contributed by atoms with van der Waals surface area (Å²) in [5.41, 5.74) is -0.150. The number of aliphatic hydroxyl groups is 1. The minimum absolute atomic E-state index is 0.00422. The molecule has 1 aromatic carbocycles. The van der Waals surface area contributed by atoms with Gasteiger partial charge in [-0.25, -0.2) is 4.39 Å². The molecule has 7 nitrogen and oxygen atoms in total. The summed E-state index contributed by atoms with van der Waals surface area (Å²) in [6.07, 6.45) is 1.46. The van der Waals surface area contributed by atoms with Crippen LogP contribution < -0.4 is 4.74 Å². The number of hydrogen-bond donors (Lipinski definition) is 1. The zero-order valence-corrected chi connectivity index (χ0v) is 16.2. The number of amides is 1. The summed E-state index contributed by atoms with van der Waals surface area (Å²) >= 11 is 0. The van der Waals surface area contributed by atoms with Gasteiger partial charge in [0.05, 0.1) is 25.5 Å². The van der Waals surface area contributed by atoms with Gasteiger partial charge in [-0.2, -0.15) is 0 Å². The molecule has 0 aliphatic carbocycles. The highest BCUT2D eigenvalue weighted by Crippen LogP contribution is 2.41. The maximum absolute atomic E-state index is 14.2. The monoisotopic (exact) mass is 411 g/mol. The molecule has 2 aromatic heterocycles. The van der Waals surface area contributed by atoms with Crippen molar-refractivity contribution in [2.45, 2.75) is 19.5 Å². The lowest BCUT2D eigenvalue weighted by molar-refractivity contribution is -0.140. The number of carbonyl (C=O) groups excluding carboxylic acids is 2. The molecule has 1 N–H and O–H groups in total. The smallest absolute Gasteiger partial charge is 0.296 e. The minimum atomic E-state index is -0.992. The van der Waals surface area contributed by atoms with Gasteiger partial charge in [-0.05, 0) is 49.4 Å². The summed E-state index contributed by atoms with van der Waals surface area (Å²) < 4.78 is 30.0. The van der Waals surface area contributed by atoms with E-state index in [-0.39, 0.29) is 23.4 Å². The van der Waals surface area contributed by atoms with Gasteiger partial charge < -0.3 is 23.6 Å². The predicted octanol–water partition coefficient (Wildman–Crippen LogP) is 3.95. The maximum Gasteiger partial charge on any atom is 0.296 e. The van der Waals surface area contributed by atoms with E-state index in [0.29, 0.717) is 17.3 Å². The van der Waals surface area contributed by atoms with Crippen LogP contribution in [-0.2, 0) is 16.1 Å². The largest absolute Gasteiger partial charge is 0.507 e. The van der Waals surface area contributed by atoms with Gasteiger partial charge in [0.2, 0.25) is 0 Å². The lowest BCUT2D eigenvalue weighted by atomic mass is 9.99. The molecule has 4 rings (SSSR count). The van der Waals surface area contributed by atoms with E-state index in [9.17, 15) is 19.1 Å². The molecule has 0 spiro atoms. The average Bonchev–Trinajstić information content (AvgIpc) is 3.45. The summed E-state index contributed by atoms with van der Waals surface area (Å²) in [6.45, 7) is 1.72.